The number of hydrogen-bond acceptors (Lipinski definition) is 4. The van der Waals surface area contributed by atoms with Crippen LogP contribution in [0, 0.1) is 6.92 Å². The van der Waals surface area contributed by atoms with E-state index >= 15 is 0 Å². The van der Waals surface area contributed by atoms with Crippen molar-refractivity contribution in [3.63, 3.8) is 0 Å². The summed E-state index contributed by atoms with van der Waals surface area (Å²) in [6, 6.07) is 11.9. The minimum Gasteiger partial charge on any atom is -0.482 e. The summed E-state index contributed by atoms with van der Waals surface area (Å²) in [5.74, 6) is 0.475. The normalized spacial score (nSPS) is 10.1. The Labute approximate surface area is 137 Å². The van der Waals surface area contributed by atoms with E-state index in [-0.39, 0.29) is 12.4 Å². The van der Waals surface area contributed by atoms with Crippen LogP contribution in [0.15, 0.2) is 46.9 Å². The van der Waals surface area contributed by atoms with Gasteiger partial charge in [0.25, 0.3) is 0 Å². The molecule has 0 aliphatic heterocycles. The van der Waals surface area contributed by atoms with Crippen LogP contribution in [0.3, 0.4) is 0 Å². The van der Waals surface area contributed by atoms with Crippen molar-refractivity contribution in [2.75, 3.05) is 6.61 Å². The van der Waals surface area contributed by atoms with Crippen molar-refractivity contribution >= 4 is 27.7 Å². The lowest BCUT2D eigenvalue weighted by atomic mass is 10.1. The number of aryl methyl sites for hydroxylation is 1. The molecule has 114 valence electrons. The summed E-state index contributed by atoms with van der Waals surface area (Å²) in [7, 11) is 0. The van der Waals surface area contributed by atoms with Gasteiger partial charge >= 0.3 is 5.97 Å². The quantitative estimate of drug-likeness (QED) is 0.459. The molecule has 22 heavy (non-hydrogen) atoms. The number of ketones is 1. The zero-order valence-corrected chi connectivity index (χ0v) is 13.8. The molecular formula is C17H15BrO4. The van der Waals surface area contributed by atoms with Crippen LogP contribution in [0.1, 0.15) is 22.8 Å². The Morgan fingerprint density at radius 1 is 1.09 bits per heavy atom. The monoisotopic (exact) mass is 362 g/mol. The van der Waals surface area contributed by atoms with Crippen LogP contribution in [0.2, 0.25) is 0 Å². The molecule has 0 N–H and O–H groups in total. The first-order valence-corrected chi connectivity index (χ1v) is 7.45. The second-order valence-electron chi connectivity index (χ2n) is 4.75. The van der Waals surface area contributed by atoms with Gasteiger partial charge in [0.2, 0.25) is 0 Å². The molecule has 2 aromatic rings. The summed E-state index contributed by atoms with van der Waals surface area (Å²) in [4.78, 5) is 22.9. The van der Waals surface area contributed by atoms with Crippen LogP contribution in [0.25, 0.3) is 0 Å². The fourth-order valence-electron chi connectivity index (χ4n) is 1.83. The highest BCUT2D eigenvalue weighted by Gasteiger charge is 2.08. The third-order valence-corrected chi connectivity index (χ3v) is 3.47. The van der Waals surface area contributed by atoms with E-state index in [0.717, 1.165) is 10.0 Å². The van der Waals surface area contributed by atoms with Crippen LogP contribution < -0.4 is 9.47 Å². The highest BCUT2D eigenvalue weighted by atomic mass is 79.9. The Kier molecular flexibility index (Phi) is 5.33. The second-order valence-corrected chi connectivity index (χ2v) is 5.67. The summed E-state index contributed by atoms with van der Waals surface area (Å²) < 4.78 is 11.5. The van der Waals surface area contributed by atoms with Crippen molar-refractivity contribution in [1.29, 1.82) is 0 Å². The van der Waals surface area contributed by atoms with Crippen LogP contribution in [-0.4, -0.2) is 18.4 Å². The Balaban J connectivity index is 1.91. The van der Waals surface area contributed by atoms with Crippen molar-refractivity contribution in [3.8, 4) is 11.5 Å². The number of rotatable bonds is 5. The fourth-order valence-corrected chi connectivity index (χ4v) is 2.31. The van der Waals surface area contributed by atoms with E-state index < -0.39 is 5.97 Å². The first-order valence-electron chi connectivity index (χ1n) is 6.66. The molecule has 0 radical (unpaired) electrons. The standard InChI is InChI=1S/C17H15BrO4/c1-11-9-14(18)5-8-16(11)21-10-17(20)22-15-6-3-13(4-7-15)12(2)19/h3-9H,10H2,1-2H3. The number of carbonyl (C=O) groups is 2. The first-order chi connectivity index (χ1) is 10.5. The predicted octanol–water partition coefficient (Wildman–Crippen LogP) is 3.94. The molecule has 5 heteroatoms. The van der Waals surface area contributed by atoms with E-state index in [1.54, 1.807) is 30.3 Å². The van der Waals surface area contributed by atoms with E-state index in [1.165, 1.54) is 6.92 Å². The highest BCUT2D eigenvalue weighted by molar-refractivity contribution is 9.10. The van der Waals surface area contributed by atoms with Crippen molar-refractivity contribution in [3.05, 3.63) is 58.1 Å². The summed E-state index contributed by atoms with van der Waals surface area (Å²) in [6.07, 6.45) is 0. The molecule has 0 saturated carbocycles. The SMILES string of the molecule is CC(=O)c1ccc(OC(=O)COc2ccc(Br)cc2C)cc1. The average molecular weight is 363 g/mol. The van der Waals surface area contributed by atoms with Crippen molar-refractivity contribution in [1.82, 2.24) is 0 Å². The van der Waals surface area contributed by atoms with Crippen LogP contribution in [-0.2, 0) is 4.79 Å². The van der Waals surface area contributed by atoms with Gasteiger partial charge in [0, 0.05) is 10.0 Å². The molecule has 0 fully saturated rings. The summed E-state index contributed by atoms with van der Waals surface area (Å²) in [6.45, 7) is 3.19. The van der Waals surface area contributed by atoms with Gasteiger partial charge in [0.05, 0.1) is 0 Å². The van der Waals surface area contributed by atoms with Gasteiger partial charge in [0.15, 0.2) is 12.4 Å². The number of Topliss-reactive ketones (excluding diaryl/α,β-unsaturated/α-hetero) is 1. The van der Waals surface area contributed by atoms with Crippen molar-refractivity contribution < 1.29 is 19.1 Å². The molecule has 2 aromatic carbocycles. The van der Waals surface area contributed by atoms with Gasteiger partial charge in [-0.1, -0.05) is 15.9 Å². The number of carbonyl (C=O) groups excluding carboxylic acids is 2. The van der Waals surface area contributed by atoms with Crippen molar-refractivity contribution in [2.45, 2.75) is 13.8 Å². The summed E-state index contributed by atoms with van der Waals surface area (Å²) in [5, 5.41) is 0. The molecule has 0 aromatic heterocycles. The Morgan fingerprint density at radius 2 is 1.77 bits per heavy atom. The summed E-state index contributed by atoms with van der Waals surface area (Å²) in [5.41, 5.74) is 1.49. The van der Waals surface area contributed by atoms with Gasteiger partial charge in [-0.15, -0.1) is 0 Å². The number of hydrogen-bond donors (Lipinski definition) is 0. The van der Waals surface area contributed by atoms with Crippen LogP contribution >= 0.6 is 15.9 Å². The zero-order valence-electron chi connectivity index (χ0n) is 12.3. The zero-order chi connectivity index (χ0) is 16.1. The van der Waals surface area contributed by atoms with E-state index in [1.807, 2.05) is 19.1 Å². The smallest absolute Gasteiger partial charge is 0.349 e. The topological polar surface area (TPSA) is 52.6 Å². The van der Waals surface area contributed by atoms with Gasteiger partial charge in [-0.25, -0.2) is 4.79 Å². The number of esters is 1. The maximum absolute atomic E-state index is 11.8. The lowest BCUT2D eigenvalue weighted by Gasteiger charge is -2.09. The highest BCUT2D eigenvalue weighted by Crippen LogP contribution is 2.22. The molecular weight excluding hydrogens is 348 g/mol. The Hall–Kier alpha value is -2.14. The maximum atomic E-state index is 11.8. The molecule has 0 spiro atoms. The molecule has 0 atom stereocenters. The van der Waals surface area contributed by atoms with Gasteiger partial charge < -0.3 is 9.47 Å². The molecule has 4 nitrogen and oxygen atoms in total. The van der Waals surface area contributed by atoms with Gasteiger partial charge in [-0.2, -0.15) is 0 Å². The first kappa shape index (κ1) is 16.2. The van der Waals surface area contributed by atoms with E-state index in [4.69, 9.17) is 9.47 Å². The predicted molar refractivity (Wildman–Crippen MR) is 86.5 cm³/mol. The van der Waals surface area contributed by atoms with E-state index in [9.17, 15) is 9.59 Å². The summed E-state index contributed by atoms with van der Waals surface area (Å²) >= 11 is 3.37. The van der Waals surface area contributed by atoms with E-state index in [2.05, 4.69) is 15.9 Å². The number of ether oxygens (including phenoxy) is 2. The maximum Gasteiger partial charge on any atom is 0.349 e. The number of benzene rings is 2. The molecule has 0 amide bonds. The molecule has 2 rings (SSSR count). The van der Waals surface area contributed by atoms with Crippen molar-refractivity contribution in [2.24, 2.45) is 0 Å². The molecule has 0 aliphatic rings. The van der Waals surface area contributed by atoms with Crippen LogP contribution in [0.5, 0.6) is 11.5 Å². The Bertz CT molecular complexity index is 692. The molecule has 0 saturated heterocycles. The van der Waals surface area contributed by atoms with Gasteiger partial charge in [-0.05, 0) is 61.9 Å². The molecule has 0 heterocycles. The molecule has 0 unspecified atom stereocenters. The van der Waals surface area contributed by atoms with E-state index in [0.29, 0.717) is 17.1 Å². The minimum absolute atomic E-state index is 0.0353. The largest absolute Gasteiger partial charge is 0.482 e. The number of halogens is 1. The minimum atomic E-state index is -0.502. The second kappa shape index (κ2) is 7.22. The molecule has 0 bridgehead atoms. The lowest BCUT2D eigenvalue weighted by molar-refractivity contribution is -0.136. The van der Waals surface area contributed by atoms with Crippen LogP contribution in [0.4, 0.5) is 0 Å². The lowest BCUT2D eigenvalue weighted by Crippen LogP contribution is -2.18. The third-order valence-electron chi connectivity index (χ3n) is 2.98. The Morgan fingerprint density at radius 3 is 2.36 bits per heavy atom. The average Bonchev–Trinajstić information content (AvgIpc) is 2.47. The molecule has 0 aliphatic carbocycles. The fraction of sp³-hybridized carbons (Fsp3) is 0.176. The van der Waals surface area contributed by atoms with Gasteiger partial charge in [0.1, 0.15) is 11.5 Å². The third kappa shape index (κ3) is 4.43. The van der Waals surface area contributed by atoms with Gasteiger partial charge in [-0.3, -0.25) is 4.79 Å².